The summed E-state index contributed by atoms with van der Waals surface area (Å²) in [4.78, 5) is 14.8. The SMILES string of the molecule is CC(C)(O)C1CC[C@@](C)([C@H]2C(O)C[C@@]3(C)[C@@H]4CC=C5[C@@H](C[C@@H](O[C@@H]6O[C@H](CO)[C@@H](O)[C@H](O)[C@H]6O)[C@H](O)C5(C)C)[C@]4(C)C(=O)C[C@]23C)O1. The fraction of sp³-hybridized carbons (Fsp3) is 0.917. The fourth-order valence-electron chi connectivity index (χ4n) is 11.7. The van der Waals surface area contributed by atoms with E-state index < -0.39 is 88.5 Å². The number of carbonyl (C=O) groups is 1. The molecule has 2 aliphatic heterocycles. The molecule has 11 heteroatoms. The number of hydrogen-bond donors (Lipinski definition) is 7. The molecular formula is C36H58O11. The predicted octanol–water partition coefficient (Wildman–Crippen LogP) is 1.61. The lowest BCUT2D eigenvalue weighted by Gasteiger charge is -2.65. The average molecular weight is 667 g/mol. The minimum Gasteiger partial charge on any atom is -0.394 e. The topological polar surface area (TPSA) is 186 Å². The smallest absolute Gasteiger partial charge is 0.187 e. The zero-order chi connectivity index (χ0) is 34.9. The number of hydrogen-bond acceptors (Lipinski definition) is 11. The molecule has 0 radical (unpaired) electrons. The molecule has 6 rings (SSSR count). The second kappa shape index (κ2) is 11.3. The summed E-state index contributed by atoms with van der Waals surface area (Å²) in [5.41, 5.74) is -3.38. The number of rotatable bonds is 5. The van der Waals surface area contributed by atoms with E-state index in [9.17, 15) is 40.5 Å². The van der Waals surface area contributed by atoms with Gasteiger partial charge in [-0.2, -0.15) is 0 Å². The van der Waals surface area contributed by atoms with Gasteiger partial charge in [0.25, 0.3) is 0 Å². The number of fused-ring (bicyclic) bond motifs is 5. The Hall–Kier alpha value is -0.990. The molecule has 0 aromatic carbocycles. The molecular weight excluding hydrogens is 608 g/mol. The van der Waals surface area contributed by atoms with Gasteiger partial charge in [-0.3, -0.25) is 4.79 Å². The molecule has 6 aliphatic rings. The minimum absolute atomic E-state index is 0.108. The van der Waals surface area contributed by atoms with E-state index in [0.29, 0.717) is 25.7 Å². The number of Topliss-reactive ketones (excluding diaryl/α,β-unsaturated/α-hetero) is 1. The van der Waals surface area contributed by atoms with Gasteiger partial charge in [-0.05, 0) is 75.5 Å². The molecule has 3 saturated carbocycles. The quantitative estimate of drug-likeness (QED) is 0.211. The van der Waals surface area contributed by atoms with Gasteiger partial charge in [0.2, 0.25) is 0 Å². The Morgan fingerprint density at radius 2 is 1.64 bits per heavy atom. The van der Waals surface area contributed by atoms with Crippen molar-refractivity contribution >= 4 is 5.78 Å². The molecule has 2 heterocycles. The highest BCUT2D eigenvalue weighted by Gasteiger charge is 2.75. The zero-order valence-corrected chi connectivity index (χ0v) is 29.2. The van der Waals surface area contributed by atoms with E-state index in [0.717, 1.165) is 5.57 Å². The van der Waals surface area contributed by atoms with Crippen LogP contribution in [0.4, 0.5) is 0 Å². The fourth-order valence-corrected chi connectivity index (χ4v) is 11.7. The second-order valence-corrected chi connectivity index (χ2v) is 17.9. The lowest BCUT2D eigenvalue weighted by atomic mass is 9.38. The van der Waals surface area contributed by atoms with Gasteiger partial charge in [0.15, 0.2) is 6.29 Å². The Balaban J connectivity index is 1.34. The maximum absolute atomic E-state index is 14.8. The highest BCUT2D eigenvalue weighted by Crippen LogP contribution is 2.75. The van der Waals surface area contributed by atoms with E-state index in [-0.39, 0.29) is 42.5 Å². The van der Waals surface area contributed by atoms with E-state index in [2.05, 4.69) is 19.9 Å². The lowest BCUT2D eigenvalue weighted by Crippen LogP contribution is -2.66. The van der Waals surface area contributed by atoms with Crippen LogP contribution in [0, 0.1) is 39.4 Å². The van der Waals surface area contributed by atoms with Crippen molar-refractivity contribution in [3.63, 3.8) is 0 Å². The van der Waals surface area contributed by atoms with Gasteiger partial charge in [0.05, 0.1) is 42.2 Å². The summed E-state index contributed by atoms with van der Waals surface area (Å²) in [5, 5.41) is 75.4. The first kappa shape index (κ1) is 35.8. The van der Waals surface area contributed by atoms with Crippen LogP contribution < -0.4 is 0 Å². The van der Waals surface area contributed by atoms with Crippen molar-refractivity contribution in [2.24, 2.45) is 39.4 Å². The Labute approximate surface area is 278 Å². The number of ether oxygens (including phenoxy) is 3. The van der Waals surface area contributed by atoms with Crippen molar-refractivity contribution < 1.29 is 54.8 Å². The summed E-state index contributed by atoms with van der Waals surface area (Å²) >= 11 is 0. The van der Waals surface area contributed by atoms with E-state index >= 15 is 0 Å². The van der Waals surface area contributed by atoms with Crippen molar-refractivity contribution in [1.29, 1.82) is 0 Å². The molecule has 2 saturated heterocycles. The lowest BCUT2D eigenvalue weighted by molar-refractivity contribution is -0.323. The van der Waals surface area contributed by atoms with Crippen LogP contribution in [0.25, 0.3) is 0 Å². The van der Waals surface area contributed by atoms with E-state index in [1.807, 2.05) is 27.7 Å². The molecule has 0 bridgehead atoms. The number of aliphatic hydroxyl groups excluding tert-OH is 6. The minimum atomic E-state index is -1.62. The molecule has 0 aromatic heterocycles. The van der Waals surface area contributed by atoms with E-state index in [1.54, 1.807) is 13.8 Å². The van der Waals surface area contributed by atoms with Crippen LogP contribution >= 0.6 is 0 Å². The van der Waals surface area contributed by atoms with Gasteiger partial charge in [0, 0.05) is 23.2 Å². The van der Waals surface area contributed by atoms with Gasteiger partial charge in [0.1, 0.15) is 30.2 Å². The molecule has 7 N–H and O–H groups in total. The number of ketones is 1. The molecule has 16 atom stereocenters. The van der Waals surface area contributed by atoms with Crippen molar-refractivity contribution in [2.75, 3.05) is 6.61 Å². The van der Waals surface area contributed by atoms with Gasteiger partial charge in [-0.25, -0.2) is 0 Å². The summed E-state index contributed by atoms with van der Waals surface area (Å²) < 4.78 is 18.5. The number of aliphatic hydroxyl groups is 7. The average Bonchev–Trinajstić information content (AvgIpc) is 3.47. The van der Waals surface area contributed by atoms with Crippen molar-refractivity contribution in [3.05, 3.63) is 11.6 Å². The van der Waals surface area contributed by atoms with Gasteiger partial charge < -0.3 is 50.0 Å². The van der Waals surface area contributed by atoms with Gasteiger partial charge >= 0.3 is 0 Å². The second-order valence-electron chi connectivity index (χ2n) is 17.9. The third kappa shape index (κ3) is 4.93. The maximum Gasteiger partial charge on any atom is 0.187 e. The van der Waals surface area contributed by atoms with Crippen molar-refractivity contribution in [2.45, 2.75) is 160 Å². The Bertz CT molecular complexity index is 1280. The normalized spacial score (nSPS) is 54.4. The van der Waals surface area contributed by atoms with Gasteiger partial charge in [-0.1, -0.05) is 46.3 Å². The highest BCUT2D eigenvalue weighted by molar-refractivity contribution is 5.88. The molecule has 5 fully saturated rings. The van der Waals surface area contributed by atoms with Crippen LogP contribution in [0.2, 0.25) is 0 Å². The maximum atomic E-state index is 14.8. The first-order valence-electron chi connectivity index (χ1n) is 17.5. The first-order chi connectivity index (χ1) is 21.6. The third-order valence-electron chi connectivity index (χ3n) is 14.5. The standard InChI is InChI=1S/C36H58O11/c1-31(2)17-9-10-22-33(5)14-19(38)28(35(7)12-11-24(47-35)32(3,4)44)34(33,6)15-23(39)36(22,8)18(17)13-20(29(31)43)45-30-27(42)26(41)25(40)21(16-37)46-30/h9,18-22,24-30,37-38,40-44H,10-16H2,1-8H3/t18-,19?,20-,21-,22+,24?,25-,26+,27-,28+,29+,30-,33+,34-,35+,36+/m1/s1. The molecule has 47 heavy (non-hydrogen) atoms. The number of carbonyl (C=O) groups excluding carboxylic acids is 1. The van der Waals surface area contributed by atoms with Crippen LogP contribution in [-0.4, -0.2) is 114 Å². The highest BCUT2D eigenvalue weighted by atomic mass is 16.7. The largest absolute Gasteiger partial charge is 0.394 e. The molecule has 268 valence electrons. The Morgan fingerprint density at radius 1 is 0.979 bits per heavy atom. The molecule has 0 aromatic rings. The van der Waals surface area contributed by atoms with E-state index in [4.69, 9.17) is 14.2 Å². The van der Waals surface area contributed by atoms with Crippen LogP contribution in [-0.2, 0) is 19.0 Å². The summed E-state index contributed by atoms with van der Waals surface area (Å²) in [5.74, 6) is -0.629. The monoisotopic (exact) mass is 666 g/mol. The van der Waals surface area contributed by atoms with Crippen LogP contribution in [0.5, 0.6) is 0 Å². The van der Waals surface area contributed by atoms with Crippen LogP contribution in [0.1, 0.15) is 93.9 Å². The Kier molecular flexibility index (Phi) is 8.58. The van der Waals surface area contributed by atoms with Crippen molar-refractivity contribution in [1.82, 2.24) is 0 Å². The molecule has 0 spiro atoms. The summed E-state index contributed by atoms with van der Waals surface area (Å²) in [6.45, 7) is 15.2. The van der Waals surface area contributed by atoms with Crippen molar-refractivity contribution in [3.8, 4) is 0 Å². The molecule has 2 unspecified atom stereocenters. The first-order valence-corrected chi connectivity index (χ1v) is 17.5. The summed E-state index contributed by atoms with van der Waals surface area (Å²) in [6, 6.07) is 0. The predicted molar refractivity (Wildman–Crippen MR) is 170 cm³/mol. The Morgan fingerprint density at radius 3 is 2.23 bits per heavy atom. The van der Waals surface area contributed by atoms with E-state index in [1.165, 1.54) is 0 Å². The molecule has 4 aliphatic carbocycles. The summed E-state index contributed by atoms with van der Waals surface area (Å²) in [7, 11) is 0. The molecule has 0 amide bonds. The van der Waals surface area contributed by atoms with Gasteiger partial charge in [-0.15, -0.1) is 0 Å². The van der Waals surface area contributed by atoms with Crippen LogP contribution in [0.3, 0.4) is 0 Å². The summed E-state index contributed by atoms with van der Waals surface area (Å²) in [6.07, 6.45) is -5.09. The number of allylic oxidation sites excluding steroid dienone is 1. The van der Waals surface area contributed by atoms with Crippen LogP contribution in [0.15, 0.2) is 11.6 Å². The zero-order valence-electron chi connectivity index (χ0n) is 29.2. The molecule has 11 nitrogen and oxygen atoms in total. The third-order valence-corrected chi connectivity index (χ3v) is 14.5.